The van der Waals surface area contributed by atoms with E-state index in [4.69, 9.17) is 5.11 Å². The van der Waals surface area contributed by atoms with Gasteiger partial charge in [0.25, 0.3) is 0 Å². The average Bonchev–Trinajstić information content (AvgIpc) is 2.91. The topological polar surface area (TPSA) is 98.7 Å². The highest BCUT2D eigenvalue weighted by Crippen LogP contribution is 2.26. The van der Waals surface area contributed by atoms with Gasteiger partial charge in [-0.2, -0.15) is 5.10 Å². The first kappa shape index (κ1) is 14.2. The molecule has 0 fully saturated rings. The smallest absolute Gasteiger partial charge is 0.305 e. The first-order valence-electron chi connectivity index (χ1n) is 6.40. The Bertz CT molecular complexity index is 615. The molecule has 1 atom stereocenters. The van der Waals surface area contributed by atoms with E-state index in [1.165, 1.54) is 0 Å². The van der Waals surface area contributed by atoms with Crippen LogP contribution in [0, 0.1) is 12.8 Å². The van der Waals surface area contributed by atoms with Gasteiger partial charge in [0, 0.05) is 7.05 Å². The summed E-state index contributed by atoms with van der Waals surface area (Å²) in [6.45, 7) is 5.79. The summed E-state index contributed by atoms with van der Waals surface area (Å²) in [5, 5.41) is 25.0. The van der Waals surface area contributed by atoms with Gasteiger partial charge < -0.3 is 5.11 Å². The van der Waals surface area contributed by atoms with Gasteiger partial charge in [0.15, 0.2) is 0 Å². The van der Waals surface area contributed by atoms with Gasteiger partial charge in [-0.15, -0.1) is 5.10 Å². The van der Waals surface area contributed by atoms with Crippen LogP contribution in [-0.4, -0.2) is 41.1 Å². The fraction of sp³-hybridized carbons (Fsp3) is 0.583. The molecule has 2 rings (SSSR count). The van der Waals surface area contributed by atoms with Crippen molar-refractivity contribution in [2.75, 3.05) is 0 Å². The molecule has 8 heteroatoms. The molecule has 20 heavy (non-hydrogen) atoms. The van der Waals surface area contributed by atoms with Gasteiger partial charge in [0.05, 0.1) is 18.2 Å². The van der Waals surface area contributed by atoms with Crippen molar-refractivity contribution in [1.29, 1.82) is 0 Å². The highest BCUT2D eigenvalue weighted by atomic mass is 16.4. The molecule has 0 aromatic carbocycles. The maximum atomic E-state index is 11.0. The Kier molecular flexibility index (Phi) is 3.82. The Labute approximate surface area is 116 Å². The number of carbonyl (C=O) groups is 1. The van der Waals surface area contributed by atoms with Crippen molar-refractivity contribution < 1.29 is 9.90 Å². The first-order valence-corrected chi connectivity index (χ1v) is 6.40. The molecule has 1 unspecified atom stereocenters. The number of carboxylic acid groups (broad SMARTS) is 1. The number of rotatable bonds is 5. The highest BCUT2D eigenvalue weighted by Gasteiger charge is 2.25. The summed E-state index contributed by atoms with van der Waals surface area (Å²) in [4.78, 5) is 11.0. The molecular formula is C12H18N6O2. The minimum atomic E-state index is -0.869. The summed E-state index contributed by atoms with van der Waals surface area (Å²) in [6.07, 6.45) is -0.0213. The number of carboxylic acids is 1. The second kappa shape index (κ2) is 5.40. The molecule has 0 amide bonds. The molecule has 0 radical (unpaired) electrons. The summed E-state index contributed by atoms with van der Waals surface area (Å²) >= 11 is 0. The van der Waals surface area contributed by atoms with Gasteiger partial charge in [-0.25, -0.2) is 4.68 Å². The van der Waals surface area contributed by atoms with E-state index in [1.54, 1.807) is 9.36 Å². The summed E-state index contributed by atoms with van der Waals surface area (Å²) in [5.74, 6) is -0.234. The van der Waals surface area contributed by atoms with Crippen molar-refractivity contribution in [3.63, 3.8) is 0 Å². The van der Waals surface area contributed by atoms with E-state index in [1.807, 2.05) is 33.9 Å². The zero-order chi connectivity index (χ0) is 14.9. The monoisotopic (exact) mass is 278 g/mol. The minimum Gasteiger partial charge on any atom is -0.481 e. The molecule has 0 saturated heterocycles. The summed E-state index contributed by atoms with van der Waals surface area (Å²) < 4.78 is 3.27. The Morgan fingerprint density at radius 3 is 2.65 bits per heavy atom. The van der Waals surface area contributed by atoms with Crippen LogP contribution >= 0.6 is 0 Å². The van der Waals surface area contributed by atoms with Gasteiger partial charge >= 0.3 is 5.97 Å². The molecule has 0 saturated carbocycles. The van der Waals surface area contributed by atoms with Gasteiger partial charge in [-0.3, -0.25) is 9.48 Å². The molecule has 0 spiro atoms. The zero-order valence-corrected chi connectivity index (χ0v) is 12.0. The predicted molar refractivity (Wildman–Crippen MR) is 70.9 cm³/mol. The molecule has 0 aliphatic rings. The largest absolute Gasteiger partial charge is 0.481 e. The van der Waals surface area contributed by atoms with Gasteiger partial charge in [-0.1, -0.05) is 13.8 Å². The molecule has 2 aromatic rings. The second-order valence-corrected chi connectivity index (χ2v) is 5.15. The van der Waals surface area contributed by atoms with Gasteiger partial charge in [0.2, 0.25) is 5.82 Å². The molecule has 1 N–H and O–H groups in total. The Hall–Kier alpha value is -2.25. The number of aromatic nitrogens is 6. The van der Waals surface area contributed by atoms with Crippen LogP contribution in [0.1, 0.15) is 32.0 Å². The third kappa shape index (κ3) is 2.68. The third-order valence-corrected chi connectivity index (χ3v) is 3.19. The summed E-state index contributed by atoms with van der Waals surface area (Å²) in [6, 6.07) is 1.58. The van der Waals surface area contributed by atoms with E-state index in [2.05, 4.69) is 20.6 Å². The van der Waals surface area contributed by atoms with Crippen molar-refractivity contribution in [1.82, 2.24) is 30.0 Å². The number of tetrazole rings is 1. The van der Waals surface area contributed by atoms with E-state index < -0.39 is 5.97 Å². The molecule has 2 heterocycles. The first-order chi connectivity index (χ1) is 9.40. The lowest BCUT2D eigenvalue weighted by Crippen LogP contribution is -2.21. The van der Waals surface area contributed by atoms with E-state index in [0.717, 1.165) is 11.4 Å². The van der Waals surface area contributed by atoms with Crippen LogP contribution in [-0.2, 0) is 11.8 Å². The third-order valence-electron chi connectivity index (χ3n) is 3.19. The van der Waals surface area contributed by atoms with Crippen LogP contribution in [0.15, 0.2) is 6.07 Å². The Morgan fingerprint density at radius 2 is 2.15 bits per heavy atom. The van der Waals surface area contributed by atoms with Crippen LogP contribution in [0.3, 0.4) is 0 Å². The highest BCUT2D eigenvalue weighted by molar-refractivity contribution is 5.67. The lowest BCUT2D eigenvalue weighted by atomic mass is 10.0. The molecule has 0 bridgehead atoms. The maximum Gasteiger partial charge on any atom is 0.305 e. The molecule has 108 valence electrons. The summed E-state index contributed by atoms with van der Waals surface area (Å²) in [5.41, 5.74) is 1.62. The average molecular weight is 278 g/mol. The fourth-order valence-electron chi connectivity index (χ4n) is 2.19. The predicted octanol–water partition coefficient (Wildman–Crippen LogP) is 1.05. The number of nitrogens with zero attached hydrogens (tertiary/aromatic N) is 6. The maximum absolute atomic E-state index is 11.0. The number of hydrogen-bond acceptors (Lipinski definition) is 5. The van der Waals surface area contributed by atoms with Crippen LogP contribution in [0.4, 0.5) is 0 Å². The zero-order valence-electron chi connectivity index (χ0n) is 12.0. The van der Waals surface area contributed by atoms with Crippen LogP contribution < -0.4 is 0 Å². The van der Waals surface area contributed by atoms with E-state index in [9.17, 15) is 4.79 Å². The van der Waals surface area contributed by atoms with Crippen molar-refractivity contribution in [2.24, 2.45) is 13.0 Å². The van der Waals surface area contributed by atoms with E-state index >= 15 is 0 Å². The molecule has 8 nitrogen and oxygen atoms in total. The number of hydrogen-bond donors (Lipinski definition) is 1. The van der Waals surface area contributed by atoms with Crippen molar-refractivity contribution in [2.45, 2.75) is 33.2 Å². The van der Waals surface area contributed by atoms with Gasteiger partial charge in [-0.05, 0) is 29.3 Å². The Morgan fingerprint density at radius 1 is 1.45 bits per heavy atom. The SMILES string of the molecule is Cc1cc(-c2nnnn2C(CC(=O)O)C(C)C)n(C)n1. The lowest BCUT2D eigenvalue weighted by Gasteiger charge is -2.19. The van der Waals surface area contributed by atoms with E-state index in [0.29, 0.717) is 5.82 Å². The standard InChI is InChI=1S/C12H18N6O2/c1-7(2)9(6-11(19)20)18-12(13-15-16-18)10-5-8(3)14-17(10)4/h5,7,9H,6H2,1-4H3,(H,19,20). The normalized spacial score (nSPS) is 12.8. The van der Waals surface area contributed by atoms with Crippen LogP contribution in [0.25, 0.3) is 11.5 Å². The minimum absolute atomic E-state index is 0.0213. The molecule has 0 aliphatic heterocycles. The molecule has 0 aliphatic carbocycles. The van der Waals surface area contributed by atoms with Crippen molar-refractivity contribution >= 4 is 5.97 Å². The van der Waals surface area contributed by atoms with Crippen molar-refractivity contribution in [3.8, 4) is 11.5 Å². The quantitative estimate of drug-likeness (QED) is 0.877. The van der Waals surface area contributed by atoms with Crippen molar-refractivity contribution in [3.05, 3.63) is 11.8 Å². The van der Waals surface area contributed by atoms with Gasteiger partial charge in [0.1, 0.15) is 5.69 Å². The molecular weight excluding hydrogens is 260 g/mol. The fourth-order valence-corrected chi connectivity index (χ4v) is 2.19. The number of aryl methyl sites for hydroxylation is 2. The van der Waals surface area contributed by atoms with Crippen LogP contribution in [0.5, 0.6) is 0 Å². The Balaban J connectivity index is 2.45. The lowest BCUT2D eigenvalue weighted by molar-refractivity contribution is -0.138. The van der Waals surface area contributed by atoms with Crippen LogP contribution in [0.2, 0.25) is 0 Å². The number of aliphatic carboxylic acids is 1. The summed E-state index contributed by atoms with van der Waals surface area (Å²) in [7, 11) is 1.81. The molecule has 2 aromatic heterocycles. The second-order valence-electron chi connectivity index (χ2n) is 5.15. The van der Waals surface area contributed by atoms with E-state index in [-0.39, 0.29) is 18.4 Å².